The molecule has 0 bridgehead atoms. The molecule has 0 aliphatic rings. The summed E-state index contributed by atoms with van der Waals surface area (Å²) in [6.45, 7) is 12.4. The van der Waals surface area contributed by atoms with E-state index in [1.807, 2.05) is 19.9 Å². The van der Waals surface area contributed by atoms with Crippen molar-refractivity contribution in [2.24, 2.45) is 0 Å². The number of hydrogen-bond acceptors (Lipinski definition) is 2. The van der Waals surface area contributed by atoms with Gasteiger partial charge in [0.15, 0.2) is 0 Å². The molecule has 0 heterocycles. The van der Waals surface area contributed by atoms with Crippen molar-refractivity contribution in [3.05, 3.63) is 34.1 Å². The van der Waals surface area contributed by atoms with Gasteiger partial charge in [-0.25, -0.2) is 4.85 Å². The summed E-state index contributed by atoms with van der Waals surface area (Å²) in [4.78, 5) is 3.33. The summed E-state index contributed by atoms with van der Waals surface area (Å²) in [7, 11) is 0. The van der Waals surface area contributed by atoms with Crippen molar-refractivity contribution in [1.82, 2.24) is 0 Å². The van der Waals surface area contributed by atoms with Gasteiger partial charge in [-0.3, -0.25) is 0 Å². The van der Waals surface area contributed by atoms with Gasteiger partial charge in [0.25, 0.3) is 0 Å². The topological polar surface area (TPSA) is 36.6 Å². The summed E-state index contributed by atoms with van der Waals surface area (Å²) in [6, 6.07) is 3.43. The smallest absolute Gasteiger partial charge is 0.205 e. The second-order valence-corrected chi connectivity index (χ2v) is 4.23. The molecular weight excluding hydrogens is 224 g/mol. The minimum absolute atomic E-state index is 0.0615. The maximum Gasteiger partial charge on any atom is 0.205 e. The molecule has 1 aromatic carbocycles. The van der Waals surface area contributed by atoms with Crippen LogP contribution in [-0.4, -0.2) is 17.3 Å². The van der Waals surface area contributed by atoms with Gasteiger partial charge in [-0.1, -0.05) is 17.7 Å². The third kappa shape index (κ3) is 2.66. The molecule has 0 aliphatic carbocycles. The van der Waals surface area contributed by atoms with Gasteiger partial charge in [0, 0.05) is 11.7 Å². The van der Waals surface area contributed by atoms with Gasteiger partial charge in [-0.15, -0.1) is 0 Å². The van der Waals surface area contributed by atoms with E-state index in [2.05, 4.69) is 10.2 Å². The molecule has 0 aliphatic heterocycles. The number of aliphatic hydroxyl groups excluding tert-OH is 1. The Balaban J connectivity index is 3.00. The molecule has 16 heavy (non-hydrogen) atoms. The Kier molecular flexibility index (Phi) is 4.17. The van der Waals surface area contributed by atoms with E-state index in [1.54, 1.807) is 13.0 Å². The molecule has 86 valence electrons. The van der Waals surface area contributed by atoms with Crippen LogP contribution in [0.4, 0.5) is 11.4 Å². The highest BCUT2D eigenvalue weighted by Crippen LogP contribution is 2.33. The van der Waals surface area contributed by atoms with E-state index in [0.717, 1.165) is 11.3 Å². The summed E-state index contributed by atoms with van der Waals surface area (Å²) in [5, 5.41) is 13.0. The van der Waals surface area contributed by atoms with E-state index < -0.39 is 6.10 Å². The SMILES string of the molecule is [C-]#[N+]c1ccc(N[C@@H](C)[C@@H](C)O)c(C)c1Cl. The summed E-state index contributed by atoms with van der Waals surface area (Å²) in [5.41, 5.74) is 2.14. The van der Waals surface area contributed by atoms with Gasteiger partial charge >= 0.3 is 0 Å². The molecule has 0 unspecified atom stereocenters. The van der Waals surface area contributed by atoms with Gasteiger partial charge in [-0.05, 0) is 32.4 Å². The summed E-state index contributed by atoms with van der Waals surface area (Å²) >= 11 is 6.05. The van der Waals surface area contributed by atoms with Crippen LogP contribution in [0.1, 0.15) is 19.4 Å². The quantitative estimate of drug-likeness (QED) is 0.792. The number of aliphatic hydroxyl groups is 1. The lowest BCUT2D eigenvalue weighted by Crippen LogP contribution is -2.28. The van der Waals surface area contributed by atoms with Crippen molar-refractivity contribution < 1.29 is 5.11 Å². The normalized spacial score (nSPS) is 14.0. The number of halogens is 1. The molecule has 0 amide bonds. The van der Waals surface area contributed by atoms with Crippen molar-refractivity contribution in [3.8, 4) is 0 Å². The van der Waals surface area contributed by atoms with E-state index in [1.165, 1.54) is 0 Å². The van der Waals surface area contributed by atoms with Gasteiger partial charge in [0.1, 0.15) is 0 Å². The van der Waals surface area contributed by atoms with Crippen LogP contribution in [0.15, 0.2) is 12.1 Å². The highest BCUT2D eigenvalue weighted by Gasteiger charge is 2.12. The van der Waals surface area contributed by atoms with Gasteiger partial charge in [0.2, 0.25) is 5.69 Å². The minimum Gasteiger partial charge on any atom is -0.391 e. The maximum absolute atomic E-state index is 9.40. The minimum atomic E-state index is -0.446. The van der Waals surface area contributed by atoms with Gasteiger partial charge < -0.3 is 10.4 Å². The summed E-state index contributed by atoms with van der Waals surface area (Å²) < 4.78 is 0. The summed E-state index contributed by atoms with van der Waals surface area (Å²) in [6.07, 6.45) is -0.446. The van der Waals surface area contributed by atoms with Crippen LogP contribution in [-0.2, 0) is 0 Å². The van der Waals surface area contributed by atoms with Crippen LogP contribution < -0.4 is 5.32 Å². The van der Waals surface area contributed by atoms with Crippen molar-refractivity contribution in [2.45, 2.75) is 32.9 Å². The highest BCUT2D eigenvalue weighted by atomic mass is 35.5. The first-order valence-electron chi connectivity index (χ1n) is 5.08. The Morgan fingerprint density at radius 1 is 1.44 bits per heavy atom. The molecule has 0 radical (unpaired) electrons. The zero-order chi connectivity index (χ0) is 12.3. The lowest BCUT2D eigenvalue weighted by molar-refractivity contribution is 0.178. The maximum atomic E-state index is 9.40. The first-order chi connectivity index (χ1) is 7.47. The number of nitrogens with one attached hydrogen (secondary N) is 1. The molecule has 0 saturated heterocycles. The fourth-order valence-corrected chi connectivity index (χ4v) is 1.49. The number of rotatable bonds is 3. The third-order valence-corrected chi connectivity index (χ3v) is 3.07. The van der Waals surface area contributed by atoms with Crippen molar-refractivity contribution in [1.29, 1.82) is 0 Å². The molecule has 0 spiro atoms. The van der Waals surface area contributed by atoms with Crippen molar-refractivity contribution in [2.75, 3.05) is 5.32 Å². The molecule has 0 fully saturated rings. The second kappa shape index (κ2) is 5.20. The highest BCUT2D eigenvalue weighted by molar-refractivity contribution is 6.34. The van der Waals surface area contributed by atoms with Gasteiger partial charge in [-0.2, -0.15) is 0 Å². The Hall–Kier alpha value is -1.24. The van der Waals surface area contributed by atoms with E-state index in [9.17, 15) is 5.11 Å². The number of benzene rings is 1. The van der Waals surface area contributed by atoms with Crippen molar-refractivity contribution in [3.63, 3.8) is 0 Å². The molecule has 2 N–H and O–H groups in total. The predicted octanol–water partition coefficient (Wildman–Crippen LogP) is 3.38. The average Bonchev–Trinajstić information content (AvgIpc) is 2.25. The molecule has 3 nitrogen and oxygen atoms in total. The van der Waals surface area contributed by atoms with Crippen LogP contribution in [0, 0.1) is 13.5 Å². The zero-order valence-corrected chi connectivity index (χ0v) is 10.3. The van der Waals surface area contributed by atoms with Crippen LogP contribution in [0.3, 0.4) is 0 Å². The number of nitrogens with zero attached hydrogens (tertiary/aromatic N) is 1. The van der Waals surface area contributed by atoms with E-state index in [-0.39, 0.29) is 6.04 Å². The van der Waals surface area contributed by atoms with Gasteiger partial charge in [0.05, 0.1) is 17.7 Å². The van der Waals surface area contributed by atoms with Crippen LogP contribution in [0.5, 0.6) is 0 Å². The number of anilines is 1. The third-order valence-electron chi connectivity index (χ3n) is 2.59. The fourth-order valence-electron chi connectivity index (χ4n) is 1.28. The second-order valence-electron chi connectivity index (χ2n) is 3.86. The molecule has 1 rings (SSSR count). The summed E-state index contributed by atoms with van der Waals surface area (Å²) in [5.74, 6) is 0. The van der Waals surface area contributed by atoms with Crippen LogP contribution >= 0.6 is 11.6 Å². The molecule has 4 heteroatoms. The van der Waals surface area contributed by atoms with Crippen LogP contribution in [0.2, 0.25) is 5.02 Å². The molecule has 0 aromatic heterocycles. The average molecular weight is 239 g/mol. The van der Waals surface area contributed by atoms with Crippen molar-refractivity contribution >= 4 is 23.0 Å². The first-order valence-corrected chi connectivity index (χ1v) is 5.46. The molecule has 1 aromatic rings. The Labute approximate surface area is 101 Å². The van der Waals surface area contributed by atoms with E-state index in [0.29, 0.717) is 10.7 Å². The number of hydrogen-bond donors (Lipinski definition) is 2. The van der Waals surface area contributed by atoms with E-state index in [4.69, 9.17) is 18.2 Å². The molecule has 0 saturated carbocycles. The monoisotopic (exact) mass is 238 g/mol. The predicted molar refractivity (Wildman–Crippen MR) is 67.2 cm³/mol. The molecule has 2 atom stereocenters. The Bertz CT molecular complexity index is 424. The first kappa shape index (κ1) is 12.8. The Morgan fingerprint density at radius 3 is 2.56 bits per heavy atom. The lowest BCUT2D eigenvalue weighted by Gasteiger charge is -2.20. The van der Waals surface area contributed by atoms with Crippen LogP contribution in [0.25, 0.3) is 4.85 Å². The zero-order valence-electron chi connectivity index (χ0n) is 9.58. The fraction of sp³-hybridized carbons (Fsp3) is 0.417. The van der Waals surface area contributed by atoms with E-state index >= 15 is 0 Å². The lowest BCUT2D eigenvalue weighted by atomic mass is 10.1. The molecular formula is C12H15ClN2O. The standard InChI is InChI=1S/C12H15ClN2O/c1-7-10(15-8(2)9(3)16)5-6-11(14-4)12(7)13/h5-6,8-9,15-16H,1-3H3/t8-,9+/m0/s1. The Morgan fingerprint density at radius 2 is 2.06 bits per heavy atom. The largest absolute Gasteiger partial charge is 0.391 e.